The molecule has 1 aromatic rings. The SMILES string of the molecule is Cc1csc(SCC(=O)N2CCN(S(C)(=O)=O)CC2)n1. The lowest BCUT2D eigenvalue weighted by atomic mass is 10.3. The van der Waals surface area contributed by atoms with Gasteiger partial charge >= 0.3 is 0 Å². The van der Waals surface area contributed by atoms with Gasteiger partial charge in [0.25, 0.3) is 0 Å². The predicted molar refractivity (Wildman–Crippen MR) is 80.6 cm³/mol. The molecule has 0 aromatic carbocycles. The average molecular weight is 335 g/mol. The van der Waals surface area contributed by atoms with E-state index in [0.717, 1.165) is 10.0 Å². The first kappa shape index (κ1) is 15.7. The Morgan fingerprint density at radius 2 is 2.05 bits per heavy atom. The summed E-state index contributed by atoms with van der Waals surface area (Å²) in [7, 11) is -3.15. The van der Waals surface area contributed by atoms with Crippen molar-refractivity contribution in [2.45, 2.75) is 11.3 Å². The summed E-state index contributed by atoms with van der Waals surface area (Å²) in [6, 6.07) is 0. The standard InChI is InChI=1S/C11H17N3O3S3/c1-9-7-18-11(12-9)19-8-10(15)13-3-5-14(6-4-13)20(2,16)17/h7H,3-6,8H2,1-2H3. The Balaban J connectivity index is 1.80. The summed E-state index contributed by atoms with van der Waals surface area (Å²) < 4.78 is 25.1. The Hall–Kier alpha value is -0.640. The maximum Gasteiger partial charge on any atom is 0.233 e. The maximum atomic E-state index is 12.0. The van der Waals surface area contributed by atoms with Crippen molar-refractivity contribution in [2.75, 3.05) is 38.2 Å². The van der Waals surface area contributed by atoms with Gasteiger partial charge < -0.3 is 4.90 Å². The minimum atomic E-state index is -3.15. The second kappa shape index (κ2) is 6.42. The van der Waals surface area contributed by atoms with Crippen LogP contribution >= 0.6 is 23.1 Å². The first-order valence-corrected chi connectivity index (χ1v) is 9.85. The van der Waals surface area contributed by atoms with Gasteiger partial charge in [0.05, 0.1) is 12.0 Å². The highest BCUT2D eigenvalue weighted by molar-refractivity contribution is 8.01. The molecule has 2 rings (SSSR count). The van der Waals surface area contributed by atoms with Gasteiger partial charge in [-0.15, -0.1) is 11.3 Å². The maximum absolute atomic E-state index is 12.0. The van der Waals surface area contributed by atoms with Gasteiger partial charge in [-0.25, -0.2) is 13.4 Å². The zero-order chi connectivity index (χ0) is 14.8. The number of carbonyl (C=O) groups excluding carboxylic acids is 1. The molecule has 0 atom stereocenters. The number of rotatable bonds is 4. The lowest BCUT2D eigenvalue weighted by Crippen LogP contribution is -2.50. The van der Waals surface area contributed by atoms with Crippen molar-refractivity contribution in [1.82, 2.24) is 14.2 Å². The summed E-state index contributed by atoms with van der Waals surface area (Å²) in [5.74, 6) is 0.391. The Bertz CT molecular complexity index is 577. The van der Waals surface area contributed by atoms with Gasteiger partial charge in [0, 0.05) is 37.3 Å². The number of carbonyl (C=O) groups is 1. The van der Waals surface area contributed by atoms with Crippen LogP contribution in [-0.2, 0) is 14.8 Å². The van der Waals surface area contributed by atoms with Crippen molar-refractivity contribution in [3.05, 3.63) is 11.1 Å². The van der Waals surface area contributed by atoms with Crippen molar-refractivity contribution in [2.24, 2.45) is 0 Å². The molecule has 20 heavy (non-hydrogen) atoms. The van der Waals surface area contributed by atoms with Gasteiger partial charge in [-0.05, 0) is 6.92 Å². The topological polar surface area (TPSA) is 70.6 Å². The summed E-state index contributed by atoms with van der Waals surface area (Å²) in [5.41, 5.74) is 0.965. The summed E-state index contributed by atoms with van der Waals surface area (Å²) in [5, 5.41) is 1.96. The van der Waals surface area contributed by atoms with Crippen LogP contribution < -0.4 is 0 Å². The molecule has 112 valence electrons. The molecular formula is C11H17N3O3S3. The van der Waals surface area contributed by atoms with Crippen LogP contribution in [0.1, 0.15) is 5.69 Å². The molecule has 1 amide bonds. The molecular weight excluding hydrogens is 318 g/mol. The molecule has 1 aliphatic rings. The number of nitrogens with zero attached hydrogens (tertiary/aromatic N) is 3. The minimum Gasteiger partial charge on any atom is -0.339 e. The van der Waals surface area contributed by atoms with Gasteiger partial charge in [-0.2, -0.15) is 4.31 Å². The van der Waals surface area contributed by atoms with E-state index in [9.17, 15) is 13.2 Å². The van der Waals surface area contributed by atoms with Gasteiger partial charge in [0.1, 0.15) is 0 Å². The number of aryl methyl sites for hydroxylation is 1. The Kier molecular flexibility index (Phi) is 5.05. The van der Waals surface area contributed by atoms with E-state index in [1.165, 1.54) is 33.7 Å². The average Bonchev–Trinajstić information content (AvgIpc) is 2.81. The minimum absolute atomic E-state index is 0.0380. The van der Waals surface area contributed by atoms with Crippen LogP contribution in [0.3, 0.4) is 0 Å². The molecule has 0 radical (unpaired) electrons. The highest BCUT2D eigenvalue weighted by Gasteiger charge is 2.25. The Morgan fingerprint density at radius 3 is 2.55 bits per heavy atom. The third kappa shape index (κ3) is 4.18. The number of hydrogen-bond donors (Lipinski definition) is 0. The highest BCUT2D eigenvalue weighted by atomic mass is 32.2. The second-order valence-corrected chi connectivity index (χ2v) is 8.65. The van der Waals surface area contributed by atoms with Crippen LogP contribution in [0.5, 0.6) is 0 Å². The van der Waals surface area contributed by atoms with E-state index in [2.05, 4.69) is 4.98 Å². The summed E-state index contributed by atoms with van der Waals surface area (Å²) in [6.45, 7) is 3.61. The zero-order valence-electron chi connectivity index (χ0n) is 11.4. The third-order valence-electron chi connectivity index (χ3n) is 2.98. The van der Waals surface area contributed by atoms with Crippen LogP contribution in [-0.4, -0.2) is 66.7 Å². The number of thioether (sulfide) groups is 1. The highest BCUT2D eigenvalue weighted by Crippen LogP contribution is 2.22. The number of hydrogen-bond acceptors (Lipinski definition) is 6. The van der Waals surface area contributed by atoms with Crippen LogP contribution in [0.15, 0.2) is 9.72 Å². The lowest BCUT2D eigenvalue weighted by Gasteiger charge is -2.33. The monoisotopic (exact) mass is 335 g/mol. The molecule has 2 heterocycles. The van der Waals surface area contributed by atoms with E-state index in [-0.39, 0.29) is 5.91 Å². The van der Waals surface area contributed by atoms with Gasteiger partial charge in [-0.1, -0.05) is 11.8 Å². The van der Waals surface area contributed by atoms with E-state index >= 15 is 0 Å². The molecule has 6 nitrogen and oxygen atoms in total. The Labute approximate surface area is 127 Å². The second-order valence-electron chi connectivity index (χ2n) is 4.59. The van der Waals surface area contributed by atoms with Gasteiger partial charge in [0.15, 0.2) is 4.34 Å². The zero-order valence-corrected chi connectivity index (χ0v) is 13.9. The molecule has 0 N–H and O–H groups in total. The summed E-state index contributed by atoms with van der Waals surface area (Å²) in [4.78, 5) is 18.1. The fourth-order valence-corrected chi connectivity index (χ4v) is 4.46. The number of thiazole rings is 1. The van der Waals surface area contributed by atoms with Crippen molar-refractivity contribution < 1.29 is 13.2 Å². The molecule has 0 aliphatic carbocycles. The fraction of sp³-hybridized carbons (Fsp3) is 0.636. The fourth-order valence-electron chi connectivity index (χ4n) is 1.88. The van der Waals surface area contributed by atoms with E-state index in [0.29, 0.717) is 31.9 Å². The van der Waals surface area contributed by atoms with Crippen molar-refractivity contribution in [3.8, 4) is 0 Å². The normalized spacial score (nSPS) is 17.4. The van der Waals surface area contributed by atoms with E-state index < -0.39 is 10.0 Å². The molecule has 0 spiro atoms. The third-order valence-corrected chi connectivity index (χ3v) is 6.40. The quantitative estimate of drug-likeness (QED) is 0.756. The molecule has 1 saturated heterocycles. The van der Waals surface area contributed by atoms with Crippen LogP contribution in [0.4, 0.5) is 0 Å². The number of amides is 1. The van der Waals surface area contributed by atoms with E-state index in [1.54, 1.807) is 4.90 Å². The summed E-state index contributed by atoms with van der Waals surface area (Å²) >= 11 is 2.97. The van der Waals surface area contributed by atoms with Crippen LogP contribution in [0.2, 0.25) is 0 Å². The van der Waals surface area contributed by atoms with Gasteiger partial charge in [-0.3, -0.25) is 4.79 Å². The van der Waals surface area contributed by atoms with Crippen molar-refractivity contribution >= 4 is 39.0 Å². The predicted octanol–water partition coefficient (Wildman–Crippen LogP) is 0.647. The van der Waals surface area contributed by atoms with E-state index in [1.807, 2.05) is 12.3 Å². The largest absolute Gasteiger partial charge is 0.339 e. The first-order chi connectivity index (χ1) is 9.36. The molecule has 1 aromatic heterocycles. The van der Waals surface area contributed by atoms with Crippen LogP contribution in [0, 0.1) is 6.92 Å². The molecule has 1 fully saturated rings. The number of aromatic nitrogens is 1. The van der Waals surface area contributed by atoms with E-state index in [4.69, 9.17) is 0 Å². The molecule has 0 unspecified atom stereocenters. The molecule has 0 bridgehead atoms. The molecule has 9 heteroatoms. The Morgan fingerprint density at radius 1 is 1.40 bits per heavy atom. The number of piperazine rings is 1. The number of sulfonamides is 1. The first-order valence-electron chi connectivity index (χ1n) is 6.14. The van der Waals surface area contributed by atoms with Gasteiger partial charge in [0.2, 0.25) is 15.9 Å². The lowest BCUT2D eigenvalue weighted by molar-refractivity contribution is -0.129. The van der Waals surface area contributed by atoms with Crippen molar-refractivity contribution in [1.29, 1.82) is 0 Å². The summed E-state index contributed by atoms with van der Waals surface area (Å²) in [6.07, 6.45) is 1.20. The molecule has 0 saturated carbocycles. The molecule has 1 aliphatic heterocycles. The van der Waals surface area contributed by atoms with Crippen molar-refractivity contribution in [3.63, 3.8) is 0 Å². The smallest absolute Gasteiger partial charge is 0.233 e. The van der Waals surface area contributed by atoms with Crippen LogP contribution in [0.25, 0.3) is 0 Å².